The van der Waals surface area contributed by atoms with Crippen molar-refractivity contribution in [2.75, 3.05) is 0 Å². The summed E-state index contributed by atoms with van der Waals surface area (Å²) in [7, 11) is 0. The van der Waals surface area contributed by atoms with Gasteiger partial charge in [0.15, 0.2) is 5.60 Å². The summed E-state index contributed by atoms with van der Waals surface area (Å²) >= 11 is 0. The van der Waals surface area contributed by atoms with Gasteiger partial charge < -0.3 is 5.11 Å². The zero-order valence-corrected chi connectivity index (χ0v) is 8.25. The summed E-state index contributed by atoms with van der Waals surface area (Å²) in [5.74, 6) is 0. The van der Waals surface area contributed by atoms with Crippen LogP contribution in [0.2, 0.25) is 0 Å². The second-order valence-corrected chi connectivity index (χ2v) is 3.35. The first kappa shape index (κ1) is 12.0. The number of hydrogen-bond donors (Lipinski definition) is 1. The first-order chi connectivity index (χ1) is 6.92. The highest BCUT2D eigenvalue weighted by Crippen LogP contribution is 2.41. The molecule has 1 atom stereocenters. The lowest BCUT2D eigenvalue weighted by atomic mass is 9.90. The van der Waals surface area contributed by atoms with E-state index >= 15 is 0 Å². The Morgan fingerprint density at radius 3 is 2.47 bits per heavy atom. The molecular weight excluding hydrogens is 207 g/mol. The molecule has 2 nitrogen and oxygen atoms in total. The second kappa shape index (κ2) is 4.18. The maximum Gasteiger partial charge on any atom is 0.421 e. The van der Waals surface area contributed by atoms with Gasteiger partial charge in [0.05, 0.1) is 0 Å². The molecule has 1 aromatic heterocycles. The minimum Gasteiger partial charge on any atom is -0.376 e. The molecule has 0 bridgehead atoms. The summed E-state index contributed by atoms with van der Waals surface area (Å²) in [6, 6.07) is 2.61. The van der Waals surface area contributed by atoms with E-state index in [0.29, 0.717) is 0 Å². The highest BCUT2D eigenvalue weighted by Gasteiger charge is 2.54. The lowest BCUT2D eigenvalue weighted by molar-refractivity contribution is -0.269. The summed E-state index contributed by atoms with van der Waals surface area (Å²) in [6.07, 6.45) is -2.38. The first-order valence-corrected chi connectivity index (χ1v) is 4.61. The number of alkyl halides is 3. The van der Waals surface area contributed by atoms with Gasteiger partial charge in [0.25, 0.3) is 0 Å². The largest absolute Gasteiger partial charge is 0.421 e. The van der Waals surface area contributed by atoms with E-state index in [9.17, 15) is 18.3 Å². The third-order valence-corrected chi connectivity index (χ3v) is 2.22. The third kappa shape index (κ3) is 2.28. The van der Waals surface area contributed by atoms with Gasteiger partial charge in [0.1, 0.15) is 0 Å². The van der Waals surface area contributed by atoms with Crippen LogP contribution < -0.4 is 0 Å². The van der Waals surface area contributed by atoms with Crippen LogP contribution in [0.15, 0.2) is 24.5 Å². The van der Waals surface area contributed by atoms with Crippen LogP contribution >= 0.6 is 0 Å². The zero-order chi connectivity index (χ0) is 11.5. The van der Waals surface area contributed by atoms with Crippen molar-refractivity contribution in [2.24, 2.45) is 0 Å². The summed E-state index contributed by atoms with van der Waals surface area (Å²) in [6.45, 7) is 1.59. The van der Waals surface area contributed by atoms with Crippen molar-refractivity contribution in [3.63, 3.8) is 0 Å². The van der Waals surface area contributed by atoms with Gasteiger partial charge in [0, 0.05) is 18.0 Å². The Morgan fingerprint density at radius 1 is 1.40 bits per heavy atom. The van der Waals surface area contributed by atoms with Crippen LogP contribution in [0.5, 0.6) is 0 Å². The highest BCUT2D eigenvalue weighted by atomic mass is 19.4. The summed E-state index contributed by atoms with van der Waals surface area (Å²) in [5.41, 5.74) is -2.99. The molecule has 1 unspecified atom stereocenters. The van der Waals surface area contributed by atoms with Crippen molar-refractivity contribution < 1.29 is 18.3 Å². The second-order valence-electron chi connectivity index (χ2n) is 3.35. The van der Waals surface area contributed by atoms with Crippen molar-refractivity contribution in [3.05, 3.63) is 30.1 Å². The quantitative estimate of drug-likeness (QED) is 0.847. The molecule has 0 saturated heterocycles. The van der Waals surface area contributed by atoms with E-state index in [-0.39, 0.29) is 18.4 Å². The lowest BCUT2D eigenvalue weighted by Gasteiger charge is -2.30. The van der Waals surface area contributed by atoms with Gasteiger partial charge in [-0.15, -0.1) is 0 Å². The maximum atomic E-state index is 12.7. The normalized spacial score (nSPS) is 16.1. The predicted octanol–water partition coefficient (Wildman–Crippen LogP) is 2.63. The van der Waals surface area contributed by atoms with Crippen LogP contribution in [0.3, 0.4) is 0 Å². The number of nitrogens with zero attached hydrogens (tertiary/aromatic N) is 1. The molecule has 1 heterocycles. The molecule has 0 amide bonds. The molecule has 0 aliphatic rings. The number of aromatic nitrogens is 1. The molecule has 1 rings (SSSR count). The molecule has 1 aromatic rings. The molecule has 15 heavy (non-hydrogen) atoms. The summed E-state index contributed by atoms with van der Waals surface area (Å²) in [4.78, 5) is 3.59. The molecule has 0 fully saturated rings. The van der Waals surface area contributed by atoms with Gasteiger partial charge in [0.2, 0.25) is 0 Å². The van der Waals surface area contributed by atoms with Crippen LogP contribution in [0.25, 0.3) is 0 Å². The Hall–Kier alpha value is -1.10. The Balaban J connectivity index is 3.13. The molecule has 0 saturated carbocycles. The van der Waals surface area contributed by atoms with E-state index < -0.39 is 11.8 Å². The van der Waals surface area contributed by atoms with Crippen molar-refractivity contribution in [3.8, 4) is 0 Å². The molecule has 0 aromatic carbocycles. The number of halogens is 3. The highest BCUT2D eigenvalue weighted by molar-refractivity contribution is 5.20. The number of rotatable bonds is 3. The number of pyridine rings is 1. The summed E-state index contributed by atoms with van der Waals surface area (Å²) in [5, 5.41) is 9.65. The predicted molar refractivity (Wildman–Crippen MR) is 49.1 cm³/mol. The monoisotopic (exact) mass is 219 g/mol. The minimum atomic E-state index is -4.67. The fraction of sp³-hybridized carbons (Fsp3) is 0.500. The van der Waals surface area contributed by atoms with Crippen LogP contribution in [0.1, 0.15) is 25.3 Å². The molecule has 5 heteroatoms. The summed E-state index contributed by atoms with van der Waals surface area (Å²) < 4.78 is 38.1. The van der Waals surface area contributed by atoms with Crippen molar-refractivity contribution in [1.82, 2.24) is 4.98 Å². The lowest BCUT2D eigenvalue weighted by Crippen LogP contribution is -2.42. The van der Waals surface area contributed by atoms with E-state index in [4.69, 9.17) is 0 Å². The fourth-order valence-corrected chi connectivity index (χ4v) is 1.42. The molecule has 0 aliphatic heterocycles. The topological polar surface area (TPSA) is 33.1 Å². The van der Waals surface area contributed by atoms with Gasteiger partial charge >= 0.3 is 6.18 Å². The smallest absolute Gasteiger partial charge is 0.376 e. The average molecular weight is 219 g/mol. The van der Waals surface area contributed by atoms with Crippen molar-refractivity contribution in [1.29, 1.82) is 0 Å². The van der Waals surface area contributed by atoms with E-state index in [1.54, 1.807) is 6.92 Å². The molecular formula is C10H12F3NO. The van der Waals surface area contributed by atoms with Crippen LogP contribution in [-0.2, 0) is 5.60 Å². The third-order valence-electron chi connectivity index (χ3n) is 2.22. The van der Waals surface area contributed by atoms with Crippen LogP contribution in [0.4, 0.5) is 13.2 Å². The van der Waals surface area contributed by atoms with Crippen LogP contribution in [0, 0.1) is 0 Å². The van der Waals surface area contributed by atoms with E-state index in [0.717, 1.165) is 6.20 Å². The number of hydrogen-bond acceptors (Lipinski definition) is 2. The Morgan fingerprint density at radius 2 is 2.07 bits per heavy atom. The number of aliphatic hydroxyl groups is 1. The van der Waals surface area contributed by atoms with E-state index in [2.05, 4.69) is 4.98 Å². The van der Waals surface area contributed by atoms with Gasteiger partial charge in [-0.1, -0.05) is 19.4 Å². The van der Waals surface area contributed by atoms with Gasteiger partial charge in [-0.2, -0.15) is 13.2 Å². The minimum absolute atomic E-state index is 0.209. The van der Waals surface area contributed by atoms with Gasteiger partial charge in [-0.3, -0.25) is 4.98 Å². The SMILES string of the molecule is CCCC(O)(c1cccnc1)C(F)(F)F. The van der Waals surface area contributed by atoms with Crippen LogP contribution in [-0.4, -0.2) is 16.3 Å². The molecule has 0 spiro atoms. The Kier molecular flexibility index (Phi) is 3.34. The Bertz CT molecular complexity index is 312. The molecule has 0 radical (unpaired) electrons. The fourth-order valence-electron chi connectivity index (χ4n) is 1.42. The van der Waals surface area contributed by atoms with E-state index in [1.807, 2.05) is 0 Å². The first-order valence-electron chi connectivity index (χ1n) is 4.61. The van der Waals surface area contributed by atoms with Gasteiger partial charge in [-0.25, -0.2) is 0 Å². The zero-order valence-electron chi connectivity index (χ0n) is 8.25. The van der Waals surface area contributed by atoms with E-state index in [1.165, 1.54) is 18.3 Å². The van der Waals surface area contributed by atoms with Crippen molar-refractivity contribution in [2.45, 2.75) is 31.5 Å². The molecule has 1 N–H and O–H groups in total. The van der Waals surface area contributed by atoms with Gasteiger partial charge in [-0.05, 0) is 12.5 Å². The average Bonchev–Trinajstić information content (AvgIpc) is 2.18. The molecule has 0 aliphatic carbocycles. The standard InChI is InChI=1S/C10H12F3NO/c1-2-5-9(15,10(11,12)13)8-4-3-6-14-7-8/h3-4,6-7,15H,2,5H2,1H3. The van der Waals surface area contributed by atoms with Crippen molar-refractivity contribution >= 4 is 0 Å². The maximum absolute atomic E-state index is 12.7. The molecule has 84 valence electrons. The Labute approximate surface area is 85.8 Å².